The fraction of sp³-hybridized carbons (Fsp3) is 0.375. The van der Waals surface area contributed by atoms with Crippen LogP contribution in [0.3, 0.4) is 0 Å². The molecule has 1 amide bonds. The number of carbonyl (C=O) groups excluding carboxylic acids is 1. The Morgan fingerprint density at radius 3 is 2.67 bits per heavy atom. The second-order valence-electron chi connectivity index (χ2n) is 5.19. The van der Waals surface area contributed by atoms with Crippen molar-refractivity contribution >= 4 is 11.6 Å². The van der Waals surface area contributed by atoms with Gasteiger partial charge in [0.15, 0.2) is 0 Å². The summed E-state index contributed by atoms with van der Waals surface area (Å²) in [5.41, 5.74) is 8.76. The quantitative estimate of drug-likeness (QED) is 0.886. The number of anilines is 1. The number of hydrogen-bond acceptors (Lipinski definition) is 3. The molecule has 2 rings (SSSR count). The average Bonchev–Trinajstić information content (AvgIpc) is 2.80. The van der Waals surface area contributed by atoms with E-state index >= 15 is 0 Å². The van der Waals surface area contributed by atoms with Gasteiger partial charge in [0, 0.05) is 13.1 Å². The monoisotopic (exact) mass is 286 g/mol. The molecule has 0 bridgehead atoms. The van der Waals surface area contributed by atoms with E-state index in [9.17, 15) is 4.79 Å². The highest BCUT2D eigenvalue weighted by atomic mass is 16.2. The molecule has 3 N–H and O–H groups in total. The van der Waals surface area contributed by atoms with Crippen molar-refractivity contribution in [3.63, 3.8) is 0 Å². The van der Waals surface area contributed by atoms with Crippen molar-refractivity contribution in [2.24, 2.45) is 0 Å². The fourth-order valence-corrected chi connectivity index (χ4v) is 2.29. The number of nitrogens with one attached hydrogen (secondary N) is 1. The molecule has 1 aromatic carbocycles. The maximum atomic E-state index is 12.3. The van der Waals surface area contributed by atoms with Crippen LogP contribution >= 0.6 is 0 Å². The minimum atomic E-state index is -0.169. The Balaban J connectivity index is 2.06. The number of nitrogens with two attached hydrogens (primary N) is 1. The minimum Gasteiger partial charge on any atom is -0.395 e. The van der Waals surface area contributed by atoms with E-state index in [1.54, 1.807) is 4.68 Å². The lowest BCUT2D eigenvalue weighted by Crippen LogP contribution is -2.30. The standard InChI is InChI=1S/C16H22N4O/c1-4-20-15(14(17)12(3)19-20)16(21)18-10-11(2)13-8-6-5-7-9-13/h5-9,11H,4,10,17H2,1-3H3,(H,18,21). The van der Waals surface area contributed by atoms with Gasteiger partial charge in [-0.05, 0) is 25.3 Å². The molecule has 21 heavy (non-hydrogen) atoms. The van der Waals surface area contributed by atoms with E-state index < -0.39 is 0 Å². The van der Waals surface area contributed by atoms with Gasteiger partial charge in [-0.25, -0.2) is 0 Å². The Kier molecular flexibility index (Phi) is 4.62. The molecule has 0 aliphatic carbocycles. The Bertz CT molecular complexity index is 619. The van der Waals surface area contributed by atoms with Gasteiger partial charge in [0.25, 0.3) is 5.91 Å². The summed E-state index contributed by atoms with van der Waals surface area (Å²) in [6.07, 6.45) is 0. The number of aromatic nitrogens is 2. The largest absolute Gasteiger partial charge is 0.395 e. The molecule has 1 unspecified atom stereocenters. The second-order valence-corrected chi connectivity index (χ2v) is 5.19. The number of carbonyl (C=O) groups is 1. The predicted octanol–water partition coefficient (Wildman–Crippen LogP) is 2.33. The molecular formula is C16H22N4O. The van der Waals surface area contributed by atoms with Crippen molar-refractivity contribution in [2.75, 3.05) is 12.3 Å². The number of amides is 1. The van der Waals surface area contributed by atoms with Crippen molar-refractivity contribution in [3.05, 3.63) is 47.3 Å². The molecule has 112 valence electrons. The van der Waals surface area contributed by atoms with E-state index in [1.807, 2.05) is 32.0 Å². The third-order valence-corrected chi connectivity index (χ3v) is 3.63. The summed E-state index contributed by atoms with van der Waals surface area (Å²) < 4.78 is 1.65. The molecule has 0 saturated carbocycles. The highest BCUT2D eigenvalue weighted by molar-refractivity contribution is 5.98. The van der Waals surface area contributed by atoms with Crippen LogP contribution in [0.15, 0.2) is 30.3 Å². The van der Waals surface area contributed by atoms with Crippen LogP contribution in [0.25, 0.3) is 0 Å². The lowest BCUT2D eigenvalue weighted by molar-refractivity contribution is 0.0942. The molecule has 0 spiro atoms. The number of benzene rings is 1. The van der Waals surface area contributed by atoms with Crippen LogP contribution in [0, 0.1) is 6.92 Å². The molecule has 2 aromatic rings. The van der Waals surface area contributed by atoms with E-state index in [0.29, 0.717) is 30.2 Å². The lowest BCUT2D eigenvalue weighted by Gasteiger charge is -2.13. The molecule has 0 saturated heterocycles. The molecule has 5 heteroatoms. The molecule has 0 radical (unpaired) electrons. The van der Waals surface area contributed by atoms with Crippen LogP contribution in [-0.4, -0.2) is 22.2 Å². The van der Waals surface area contributed by atoms with Gasteiger partial charge in [-0.1, -0.05) is 37.3 Å². The van der Waals surface area contributed by atoms with Gasteiger partial charge >= 0.3 is 0 Å². The molecule has 1 atom stereocenters. The summed E-state index contributed by atoms with van der Waals surface area (Å²) in [5, 5.41) is 7.21. The molecule has 5 nitrogen and oxygen atoms in total. The van der Waals surface area contributed by atoms with Crippen molar-refractivity contribution in [2.45, 2.75) is 33.2 Å². The van der Waals surface area contributed by atoms with Crippen molar-refractivity contribution < 1.29 is 4.79 Å². The topological polar surface area (TPSA) is 72.9 Å². The van der Waals surface area contributed by atoms with Gasteiger partial charge in [0.05, 0.1) is 11.4 Å². The third kappa shape index (κ3) is 3.24. The Morgan fingerprint density at radius 1 is 1.38 bits per heavy atom. The predicted molar refractivity (Wildman–Crippen MR) is 84.2 cm³/mol. The Hall–Kier alpha value is -2.30. The summed E-state index contributed by atoms with van der Waals surface area (Å²) >= 11 is 0. The Morgan fingerprint density at radius 2 is 2.05 bits per heavy atom. The van der Waals surface area contributed by atoms with Crippen LogP contribution in [0.2, 0.25) is 0 Å². The van der Waals surface area contributed by atoms with Crippen molar-refractivity contribution in [3.8, 4) is 0 Å². The number of nitrogen functional groups attached to an aromatic ring is 1. The summed E-state index contributed by atoms with van der Waals surface area (Å²) in [6, 6.07) is 10.1. The summed E-state index contributed by atoms with van der Waals surface area (Å²) in [7, 11) is 0. The van der Waals surface area contributed by atoms with Crippen molar-refractivity contribution in [1.29, 1.82) is 0 Å². The van der Waals surface area contributed by atoms with Gasteiger partial charge in [0.1, 0.15) is 5.69 Å². The number of rotatable bonds is 5. The van der Waals surface area contributed by atoms with Gasteiger partial charge in [-0.2, -0.15) is 5.10 Å². The van der Waals surface area contributed by atoms with Crippen LogP contribution in [0.1, 0.15) is 41.5 Å². The highest BCUT2D eigenvalue weighted by Crippen LogP contribution is 2.17. The van der Waals surface area contributed by atoms with Crippen molar-refractivity contribution in [1.82, 2.24) is 15.1 Å². The first-order valence-corrected chi connectivity index (χ1v) is 7.20. The van der Waals surface area contributed by atoms with Gasteiger partial charge < -0.3 is 11.1 Å². The van der Waals surface area contributed by atoms with Gasteiger partial charge in [0.2, 0.25) is 0 Å². The lowest BCUT2D eigenvalue weighted by atomic mass is 10.0. The van der Waals surface area contributed by atoms with Gasteiger partial charge in [-0.3, -0.25) is 9.48 Å². The first kappa shape index (κ1) is 15.1. The SMILES string of the molecule is CCn1nc(C)c(N)c1C(=O)NCC(C)c1ccccc1. The van der Waals surface area contributed by atoms with E-state index in [2.05, 4.69) is 29.5 Å². The van der Waals surface area contributed by atoms with Crippen LogP contribution in [-0.2, 0) is 6.54 Å². The molecule has 1 aromatic heterocycles. The first-order valence-electron chi connectivity index (χ1n) is 7.20. The van der Waals surface area contributed by atoms with E-state index in [0.717, 1.165) is 0 Å². The summed E-state index contributed by atoms with van der Waals surface area (Å²) in [5.74, 6) is 0.0770. The van der Waals surface area contributed by atoms with Crippen LogP contribution in [0.5, 0.6) is 0 Å². The summed E-state index contributed by atoms with van der Waals surface area (Å²) in [6.45, 7) is 7.02. The van der Waals surface area contributed by atoms with E-state index in [4.69, 9.17) is 5.73 Å². The molecule has 0 aliphatic heterocycles. The zero-order valence-electron chi connectivity index (χ0n) is 12.8. The zero-order chi connectivity index (χ0) is 15.4. The number of aryl methyl sites for hydroxylation is 2. The molecular weight excluding hydrogens is 264 g/mol. The first-order chi connectivity index (χ1) is 10.0. The van der Waals surface area contributed by atoms with E-state index in [-0.39, 0.29) is 11.8 Å². The Labute approximate surface area is 125 Å². The van der Waals surface area contributed by atoms with E-state index in [1.165, 1.54) is 5.56 Å². The fourth-order valence-electron chi connectivity index (χ4n) is 2.29. The highest BCUT2D eigenvalue weighted by Gasteiger charge is 2.19. The smallest absolute Gasteiger partial charge is 0.271 e. The maximum Gasteiger partial charge on any atom is 0.271 e. The number of hydrogen-bond donors (Lipinski definition) is 2. The summed E-state index contributed by atoms with van der Waals surface area (Å²) in [4.78, 5) is 12.3. The minimum absolute atomic E-state index is 0.169. The number of nitrogens with zero attached hydrogens (tertiary/aromatic N) is 2. The normalized spacial score (nSPS) is 12.1. The van der Waals surface area contributed by atoms with Crippen LogP contribution in [0.4, 0.5) is 5.69 Å². The average molecular weight is 286 g/mol. The maximum absolute atomic E-state index is 12.3. The molecule has 1 heterocycles. The molecule has 0 aliphatic rings. The zero-order valence-corrected chi connectivity index (χ0v) is 12.8. The second kappa shape index (κ2) is 6.43. The van der Waals surface area contributed by atoms with Gasteiger partial charge in [-0.15, -0.1) is 0 Å². The third-order valence-electron chi connectivity index (χ3n) is 3.63. The van der Waals surface area contributed by atoms with Crippen LogP contribution < -0.4 is 11.1 Å². The molecule has 0 fully saturated rings.